The van der Waals surface area contributed by atoms with E-state index in [9.17, 15) is 4.79 Å². The van der Waals surface area contributed by atoms with E-state index in [4.69, 9.17) is 5.73 Å². The highest BCUT2D eigenvalue weighted by Gasteiger charge is 2.11. The molecule has 1 rings (SSSR count). The molecule has 0 aromatic carbocycles. The van der Waals surface area contributed by atoms with Gasteiger partial charge in [-0.15, -0.1) is 0 Å². The van der Waals surface area contributed by atoms with E-state index in [1.165, 1.54) is 7.11 Å². The summed E-state index contributed by atoms with van der Waals surface area (Å²) in [6.45, 7) is 0.220. The fraction of sp³-hybridized carbons (Fsp3) is 0.250. The van der Waals surface area contributed by atoms with Crippen molar-refractivity contribution in [2.24, 2.45) is 5.73 Å². The standard InChI is InChI=1S/C8H9BrN2O2/c1-13-8(12)6-2-5(9)4-11-7(6)3-10/h2,4H,3,10H2,1H3. The van der Waals surface area contributed by atoms with E-state index in [0.717, 1.165) is 4.47 Å². The molecule has 1 aromatic heterocycles. The molecule has 2 N–H and O–H groups in total. The van der Waals surface area contributed by atoms with Gasteiger partial charge in [-0.05, 0) is 22.0 Å². The van der Waals surface area contributed by atoms with E-state index in [2.05, 4.69) is 25.7 Å². The summed E-state index contributed by atoms with van der Waals surface area (Å²) in [7, 11) is 1.32. The number of hydrogen-bond donors (Lipinski definition) is 1. The van der Waals surface area contributed by atoms with Gasteiger partial charge in [-0.25, -0.2) is 4.79 Å². The first-order valence-electron chi connectivity index (χ1n) is 3.62. The number of ether oxygens (including phenoxy) is 1. The Morgan fingerprint density at radius 3 is 3.00 bits per heavy atom. The van der Waals surface area contributed by atoms with Gasteiger partial charge < -0.3 is 10.5 Å². The summed E-state index contributed by atoms with van der Waals surface area (Å²) < 4.78 is 5.31. The molecular formula is C8H9BrN2O2. The quantitative estimate of drug-likeness (QED) is 0.792. The maximum absolute atomic E-state index is 11.2. The molecule has 0 bridgehead atoms. The molecule has 1 heterocycles. The normalized spacial score (nSPS) is 9.77. The predicted molar refractivity (Wildman–Crippen MR) is 51.2 cm³/mol. The lowest BCUT2D eigenvalue weighted by atomic mass is 10.2. The third-order valence-electron chi connectivity index (χ3n) is 1.54. The Bertz CT molecular complexity index is 328. The highest BCUT2D eigenvalue weighted by Crippen LogP contribution is 2.14. The van der Waals surface area contributed by atoms with E-state index in [0.29, 0.717) is 11.3 Å². The Morgan fingerprint density at radius 1 is 1.77 bits per heavy atom. The van der Waals surface area contributed by atoms with Crippen LogP contribution in [0.15, 0.2) is 16.7 Å². The molecule has 13 heavy (non-hydrogen) atoms. The molecule has 0 aliphatic rings. The van der Waals surface area contributed by atoms with Crippen molar-refractivity contribution in [1.29, 1.82) is 0 Å². The molecule has 0 spiro atoms. The molecule has 0 saturated heterocycles. The Kier molecular flexibility index (Phi) is 3.39. The van der Waals surface area contributed by atoms with Crippen molar-refractivity contribution < 1.29 is 9.53 Å². The van der Waals surface area contributed by atoms with Crippen molar-refractivity contribution >= 4 is 21.9 Å². The Hall–Kier alpha value is -0.940. The van der Waals surface area contributed by atoms with Crippen LogP contribution in [-0.4, -0.2) is 18.1 Å². The second kappa shape index (κ2) is 4.34. The monoisotopic (exact) mass is 244 g/mol. The lowest BCUT2D eigenvalue weighted by molar-refractivity contribution is 0.0599. The van der Waals surface area contributed by atoms with Crippen molar-refractivity contribution in [3.8, 4) is 0 Å². The van der Waals surface area contributed by atoms with Gasteiger partial charge in [0.25, 0.3) is 0 Å². The third-order valence-corrected chi connectivity index (χ3v) is 1.97. The van der Waals surface area contributed by atoms with Crippen molar-refractivity contribution in [2.45, 2.75) is 6.54 Å². The van der Waals surface area contributed by atoms with E-state index in [1.54, 1.807) is 12.3 Å². The topological polar surface area (TPSA) is 65.2 Å². The van der Waals surface area contributed by atoms with Gasteiger partial charge in [0, 0.05) is 17.2 Å². The second-order valence-corrected chi connectivity index (χ2v) is 3.26. The third kappa shape index (κ3) is 2.26. The zero-order valence-corrected chi connectivity index (χ0v) is 8.67. The summed E-state index contributed by atoms with van der Waals surface area (Å²) in [5, 5.41) is 0. The van der Waals surface area contributed by atoms with Gasteiger partial charge in [0.2, 0.25) is 0 Å². The van der Waals surface area contributed by atoms with Crippen LogP contribution in [0.5, 0.6) is 0 Å². The van der Waals surface area contributed by atoms with Gasteiger partial charge >= 0.3 is 5.97 Å². The number of methoxy groups -OCH3 is 1. The fourth-order valence-corrected chi connectivity index (χ4v) is 1.25. The van der Waals surface area contributed by atoms with Crippen LogP contribution in [0.25, 0.3) is 0 Å². The molecular weight excluding hydrogens is 236 g/mol. The minimum Gasteiger partial charge on any atom is -0.465 e. The number of carbonyl (C=O) groups is 1. The molecule has 0 radical (unpaired) electrons. The number of rotatable bonds is 2. The van der Waals surface area contributed by atoms with Gasteiger partial charge in [-0.3, -0.25) is 4.98 Å². The number of nitrogens with zero attached hydrogens (tertiary/aromatic N) is 1. The molecule has 0 unspecified atom stereocenters. The number of nitrogens with two attached hydrogens (primary N) is 1. The number of esters is 1. The molecule has 0 saturated carbocycles. The Labute approximate surface area is 84.2 Å². The number of halogens is 1. The van der Waals surface area contributed by atoms with Crippen molar-refractivity contribution in [3.05, 3.63) is 28.0 Å². The van der Waals surface area contributed by atoms with E-state index in [1.807, 2.05) is 0 Å². The first-order chi connectivity index (χ1) is 6.19. The molecule has 1 aromatic rings. The highest BCUT2D eigenvalue weighted by molar-refractivity contribution is 9.10. The number of carbonyl (C=O) groups excluding carboxylic acids is 1. The lowest BCUT2D eigenvalue weighted by Gasteiger charge is -2.04. The van der Waals surface area contributed by atoms with E-state index in [-0.39, 0.29) is 6.54 Å². The van der Waals surface area contributed by atoms with Gasteiger partial charge in [0.05, 0.1) is 18.4 Å². The van der Waals surface area contributed by atoms with Gasteiger partial charge in [-0.2, -0.15) is 0 Å². The van der Waals surface area contributed by atoms with E-state index >= 15 is 0 Å². The Balaban J connectivity index is 3.15. The number of aromatic nitrogens is 1. The zero-order chi connectivity index (χ0) is 9.84. The molecule has 0 amide bonds. The van der Waals surface area contributed by atoms with E-state index < -0.39 is 5.97 Å². The van der Waals surface area contributed by atoms with Crippen LogP contribution in [0.1, 0.15) is 16.1 Å². The minimum absolute atomic E-state index is 0.220. The van der Waals surface area contributed by atoms with Crippen LogP contribution in [0.3, 0.4) is 0 Å². The smallest absolute Gasteiger partial charge is 0.339 e. The molecule has 0 aliphatic carbocycles. The summed E-state index contributed by atoms with van der Waals surface area (Å²) >= 11 is 3.21. The van der Waals surface area contributed by atoms with Crippen molar-refractivity contribution in [3.63, 3.8) is 0 Å². The maximum Gasteiger partial charge on any atom is 0.339 e. The molecule has 0 aliphatic heterocycles. The lowest BCUT2D eigenvalue weighted by Crippen LogP contribution is -2.10. The van der Waals surface area contributed by atoms with Gasteiger partial charge in [0.1, 0.15) is 0 Å². The minimum atomic E-state index is -0.422. The average Bonchev–Trinajstić information content (AvgIpc) is 2.16. The first kappa shape index (κ1) is 10.1. The largest absolute Gasteiger partial charge is 0.465 e. The zero-order valence-electron chi connectivity index (χ0n) is 7.08. The SMILES string of the molecule is COC(=O)c1cc(Br)cnc1CN. The first-order valence-corrected chi connectivity index (χ1v) is 4.41. The van der Waals surface area contributed by atoms with Crippen molar-refractivity contribution in [1.82, 2.24) is 4.98 Å². The number of hydrogen-bond acceptors (Lipinski definition) is 4. The van der Waals surface area contributed by atoms with Crippen LogP contribution >= 0.6 is 15.9 Å². The summed E-state index contributed by atoms with van der Waals surface area (Å²) in [4.78, 5) is 15.2. The van der Waals surface area contributed by atoms with Crippen LogP contribution in [-0.2, 0) is 11.3 Å². The summed E-state index contributed by atoms with van der Waals surface area (Å²) in [5.41, 5.74) is 6.35. The summed E-state index contributed by atoms with van der Waals surface area (Å²) in [5.74, 6) is -0.422. The van der Waals surface area contributed by atoms with Crippen molar-refractivity contribution in [2.75, 3.05) is 7.11 Å². The molecule has 4 nitrogen and oxygen atoms in total. The summed E-state index contributed by atoms with van der Waals surface area (Å²) in [6.07, 6.45) is 1.59. The van der Waals surface area contributed by atoms with Crippen LogP contribution in [0.4, 0.5) is 0 Å². The Morgan fingerprint density at radius 2 is 2.46 bits per heavy atom. The average molecular weight is 245 g/mol. The molecule has 70 valence electrons. The van der Waals surface area contributed by atoms with Crippen LogP contribution in [0, 0.1) is 0 Å². The number of pyridine rings is 1. The second-order valence-electron chi connectivity index (χ2n) is 2.34. The maximum atomic E-state index is 11.2. The van der Waals surface area contributed by atoms with Crippen LogP contribution < -0.4 is 5.73 Å². The van der Waals surface area contributed by atoms with Gasteiger partial charge in [0.15, 0.2) is 0 Å². The highest BCUT2D eigenvalue weighted by atomic mass is 79.9. The fourth-order valence-electron chi connectivity index (χ4n) is 0.917. The molecule has 0 fully saturated rings. The molecule has 5 heteroatoms. The van der Waals surface area contributed by atoms with Gasteiger partial charge in [-0.1, -0.05) is 0 Å². The summed E-state index contributed by atoms with van der Waals surface area (Å²) in [6, 6.07) is 1.64. The molecule has 0 atom stereocenters. The predicted octanol–water partition coefficient (Wildman–Crippen LogP) is 1.09. The van der Waals surface area contributed by atoms with Crippen LogP contribution in [0.2, 0.25) is 0 Å².